The fourth-order valence-corrected chi connectivity index (χ4v) is 7.66. The Kier molecular flexibility index (Phi) is 7.23. The molecule has 2 amide bonds. The Morgan fingerprint density at radius 2 is 2.02 bits per heavy atom. The largest absolute Gasteiger partial charge is 0.474 e. The summed E-state index contributed by atoms with van der Waals surface area (Å²) in [6, 6.07) is 4.34. The summed E-state index contributed by atoms with van der Waals surface area (Å²) in [5.74, 6) is 0.425. The number of piperazine rings is 1. The lowest BCUT2D eigenvalue weighted by Gasteiger charge is -2.46. The summed E-state index contributed by atoms with van der Waals surface area (Å²) < 4.78 is 6.62. The molecule has 2 aromatic heterocycles. The SMILES string of the molecule is C=CC(=O)N1C[C@@H]2CC(=O)N(C)c3c(OC[C@@H]4CCCN4C)nc4c(c3N2C[C@H]1C)CCN(c1c(C)ccc2[nH]cnc12)C4. The number of likely N-dealkylation sites (tertiary alicyclic amines) is 1. The molecule has 44 heavy (non-hydrogen) atoms. The predicted octanol–water partition coefficient (Wildman–Crippen LogP) is 3.26. The van der Waals surface area contributed by atoms with Crippen molar-refractivity contribution < 1.29 is 14.3 Å². The zero-order valence-corrected chi connectivity index (χ0v) is 26.2. The van der Waals surface area contributed by atoms with Crippen molar-refractivity contribution in [2.24, 2.45) is 0 Å². The Bertz CT molecular complexity index is 1630. The van der Waals surface area contributed by atoms with E-state index in [1.165, 1.54) is 11.6 Å². The number of likely N-dealkylation sites (N-methyl/N-ethyl adjacent to an activating group) is 1. The van der Waals surface area contributed by atoms with E-state index in [4.69, 9.17) is 9.72 Å². The molecule has 1 N–H and O–H groups in total. The maximum atomic E-state index is 13.7. The van der Waals surface area contributed by atoms with Crippen molar-refractivity contribution in [1.82, 2.24) is 24.8 Å². The molecule has 0 unspecified atom stereocenters. The van der Waals surface area contributed by atoms with Crippen LogP contribution in [0.15, 0.2) is 31.1 Å². The third kappa shape index (κ3) is 4.68. The first-order chi connectivity index (χ1) is 21.2. The fourth-order valence-electron chi connectivity index (χ4n) is 7.66. The highest BCUT2D eigenvalue weighted by molar-refractivity contribution is 6.01. The second-order valence-corrected chi connectivity index (χ2v) is 12.8. The zero-order chi connectivity index (χ0) is 30.7. The molecular weight excluding hydrogens is 556 g/mol. The van der Waals surface area contributed by atoms with Gasteiger partial charge in [0.1, 0.15) is 17.8 Å². The van der Waals surface area contributed by atoms with Gasteiger partial charge >= 0.3 is 0 Å². The number of fused-ring (bicyclic) bond motifs is 6. The number of aromatic amines is 1. The van der Waals surface area contributed by atoms with Crippen LogP contribution in [0.25, 0.3) is 11.0 Å². The molecule has 11 heteroatoms. The van der Waals surface area contributed by atoms with Crippen LogP contribution in [0.1, 0.15) is 43.0 Å². The van der Waals surface area contributed by atoms with Gasteiger partial charge in [0.2, 0.25) is 17.7 Å². The number of imidazole rings is 1. The number of aromatic nitrogens is 3. The lowest BCUT2D eigenvalue weighted by Crippen LogP contribution is -2.59. The van der Waals surface area contributed by atoms with E-state index in [-0.39, 0.29) is 23.9 Å². The molecule has 4 aliphatic rings. The van der Waals surface area contributed by atoms with Crippen LogP contribution in [0.5, 0.6) is 5.88 Å². The van der Waals surface area contributed by atoms with Gasteiger partial charge in [-0.3, -0.25) is 9.59 Å². The second kappa shape index (κ2) is 11.1. The highest BCUT2D eigenvalue weighted by Gasteiger charge is 2.43. The number of carbonyl (C=O) groups excluding carboxylic acids is 2. The van der Waals surface area contributed by atoms with Gasteiger partial charge in [0.25, 0.3) is 0 Å². The fraction of sp³-hybridized carbons (Fsp3) is 0.515. The molecule has 2 fully saturated rings. The number of nitrogens with zero attached hydrogens (tertiary/aromatic N) is 7. The number of H-pyrrole nitrogens is 1. The Labute approximate surface area is 258 Å². The van der Waals surface area contributed by atoms with Crippen molar-refractivity contribution in [3.63, 3.8) is 0 Å². The number of nitrogens with one attached hydrogen (secondary N) is 1. The Hall–Kier alpha value is -4.12. The molecule has 6 heterocycles. The monoisotopic (exact) mass is 598 g/mol. The summed E-state index contributed by atoms with van der Waals surface area (Å²) in [5, 5.41) is 0. The van der Waals surface area contributed by atoms with E-state index in [1.807, 2.05) is 11.9 Å². The first-order valence-electron chi connectivity index (χ1n) is 15.8. The quantitative estimate of drug-likeness (QED) is 0.447. The van der Waals surface area contributed by atoms with Crippen molar-refractivity contribution in [1.29, 1.82) is 0 Å². The molecule has 0 bridgehead atoms. The average Bonchev–Trinajstić information content (AvgIpc) is 3.65. The van der Waals surface area contributed by atoms with Crippen molar-refractivity contribution in [3.8, 4) is 5.88 Å². The Balaban J connectivity index is 1.34. The van der Waals surface area contributed by atoms with E-state index < -0.39 is 0 Å². The van der Waals surface area contributed by atoms with Crippen molar-refractivity contribution in [2.45, 2.75) is 64.2 Å². The molecule has 4 aliphatic heterocycles. The van der Waals surface area contributed by atoms with Crippen LogP contribution >= 0.6 is 0 Å². The molecule has 0 saturated carbocycles. The van der Waals surface area contributed by atoms with E-state index in [0.717, 1.165) is 71.7 Å². The first-order valence-corrected chi connectivity index (χ1v) is 15.8. The van der Waals surface area contributed by atoms with E-state index >= 15 is 0 Å². The minimum absolute atomic E-state index is 0.00200. The molecule has 11 nitrogen and oxygen atoms in total. The van der Waals surface area contributed by atoms with Crippen molar-refractivity contribution in [2.75, 3.05) is 61.6 Å². The number of carbonyl (C=O) groups is 2. The number of aryl methyl sites for hydroxylation is 1. The topological polar surface area (TPSA) is 101 Å². The minimum Gasteiger partial charge on any atom is -0.474 e. The van der Waals surface area contributed by atoms with Gasteiger partial charge in [-0.05, 0) is 64.4 Å². The molecule has 3 atom stereocenters. The van der Waals surface area contributed by atoms with Crippen LogP contribution in [0.4, 0.5) is 17.1 Å². The number of hydrogen-bond acceptors (Lipinski definition) is 8. The molecule has 2 saturated heterocycles. The lowest BCUT2D eigenvalue weighted by molar-refractivity contribution is -0.129. The number of rotatable bonds is 5. The van der Waals surface area contributed by atoms with Gasteiger partial charge < -0.3 is 34.2 Å². The average molecular weight is 599 g/mol. The van der Waals surface area contributed by atoms with Gasteiger partial charge in [0, 0.05) is 50.7 Å². The summed E-state index contributed by atoms with van der Waals surface area (Å²) >= 11 is 0. The maximum Gasteiger partial charge on any atom is 0.246 e. The number of benzene rings is 1. The van der Waals surface area contributed by atoms with Crippen LogP contribution in [-0.4, -0.2) is 102 Å². The van der Waals surface area contributed by atoms with Gasteiger partial charge in [-0.15, -0.1) is 0 Å². The molecule has 0 spiro atoms. The molecule has 232 valence electrons. The summed E-state index contributed by atoms with van der Waals surface area (Å²) in [7, 11) is 3.98. The van der Waals surface area contributed by atoms with Crippen LogP contribution < -0.4 is 19.4 Å². The molecule has 3 aromatic rings. The maximum absolute atomic E-state index is 13.7. The van der Waals surface area contributed by atoms with Gasteiger partial charge in [0.15, 0.2) is 0 Å². The predicted molar refractivity (Wildman–Crippen MR) is 172 cm³/mol. The smallest absolute Gasteiger partial charge is 0.246 e. The number of amides is 2. The standard InChI is InChI=1S/C33H42N8O3/c1-6-27(42)40-16-23-14-28(43)38(5)32-31(41(23)15-21(40)3)24-11-13-39(30-20(2)9-10-25-29(30)35-19-34-25)17-26(24)36-33(32)44-18-22-8-7-12-37(22)4/h6,9-10,19,21-23H,1,7-8,11-18H2,2-5H3,(H,34,35)/t21-,22+,23+/m1/s1. The molecule has 0 radical (unpaired) electrons. The number of pyridine rings is 1. The number of hydrogen-bond donors (Lipinski definition) is 1. The van der Waals surface area contributed by atoms with Gasteiger partial charge in [-0.1, -0.05) is 12.6 Å². The minimum atomic E-state index is -0.148. The van der Waals surface area contributed by atoms with Crippen LogP contribution in [0.3, 0.4) is 0 Å². The Morgan fingerprint density at radius 1 is 1.18 bits per heavy atom. The second-order valence-electron chi connectivity index (χ2n) is 12.8. The van der Waals surface area contributed by atoms with Gasteiger partial charge in [0.05, 0.1) is 41.5 Å². The summed E-state index contributed by atoms with van der Waals surface area (Å²) in [5.41, 5.74) is 8.20. The van der Waals surface area contributed by atoms with E-state index in [1.54, 1.807) is 11.2 Å². The summed E-state index contributed by atoms with van der Waals surface area (Å²) in [4.78, 5) is 50.3. The number of anilines is 3. The molecule has 0 aliphatic carbocycles. The molecule has 1 aromatic carbocycles. The zero-order valence-electron chi connectivity index (χ0n) is 26.2. The van der Waals surface area contributed by atoms with Crippen molar-refractivity contribution in [3.05, 3.63) is 47.9 Å². The first kappa shape index (κ1) is 28.6. The van der Waals surface area contributed by atoms with E-state index in [9.17, 15) is 9.59 Å². The van der Waals surface area contributed by atoms with Crippen LogP contribution in [-0.2, 0) is 22.6 Å². The van der Waals surface area contributed by atoms with Crippen LogP contribution in [0.2, 0.25) is 0 Å². The van der Waals surface area contributed by atoms with Gasteiger partial charge in [-0.25, -0.2) is 9.97 Å². The molecule has 7 rings (SSSR count). The van der Waals surface area contributed by atoms with E-state index in [2.05, 4.69) is 64.3 Å². The summed E-state index contributed by atoms with van der Waals surface area (Å²) in [6.07, 6.45) is 6.44. The highest BCUT2D eigenvalue weighted by atomic mass is 16.5. The Morgan fingerprint density at radius 3 is 2.80 bits per heavy atom. The van der Waals surface area contributed by atoms with Crippen LogP contribution in [0, 0.1) is 6.92 Å². The molecular formula is C33H42N8O3. The van der Waals surface area contributed by atoms with Crippen molar-refractivity contribution >= 4 is 39.9 Å². The summed E-state index contributed by atoms with van der Waals surface area (Å²) in [6.45, 7) is 12.0. The highest BCUT2D eigenvalue weighted by Crippen LogP contribution is 2.47. The lowest BCUT2D eigenvalue weighted by atomic mass is 9.96. The normalized spacial score (nSPS) is 23.8. The number of ether oxygens (including phenoxy) is 1. The third-order valence-corrected chi connectivity index (χ3v) is 10.1. The third-order valence-electron chi connectivity index (χ3n) is 10.1. The van der Waals surface area contributed by atoms with E-state index in [0.29, 0.717) is 44.6 Å². The van der Waals surface area contributed by atoms with Gasteiger partial charge in [-0.2, -0.15) is 0 Å².